The maximum atomic E-state index is 12.4. The summed E-state index contributed by atoms with van der Waals surface area (Å²) in [6, 6.07) is -0.338. The molecule has 29 nitrogen and oxygen atoms in total. The summed E-state index contributed by atoms with van der Waals surface area (Å²) in [5, 5.41) is 187. The molecule has 0 bridgehead atoms. The summed E-state index contributed by atoms with van der Waals surface area (Å²) in [5.74, 6) is -0.0727. The molecule has 4 aliphatic carbocycles. The topological polar surface area (TPSA) is 457 Å². The Hall–Kier alpha value is -1.16. The number of nitrogens with one attached hydrogen (secondary N) is 1. The lowest BCUT2D eigenvalue weighted by molar-refractivity contribution is -0.404. The zero-order valence-electron chi connectivity index (χ0n) is 48.0. The second-order valence-electron chi connectivity index (χ2n) is 27.0. The van der Waals surface area contributed by atoms with Gasteiger partial charge in [0, 0.05) is 18.9 Å². The highest BCUT2D eigenvalue weighted by atomic mass is 16.8. The number of hydrogen-bond acceptors (Lipinski definition) is 29. The summed E-state index contributed by atoms with van der Waals surface area (Å²) in [6.45, 7) is 3.90. The Bertz CT molecular complexity index is 2210. The van der Waals surface area contributed by atoms with Gasteiger partial charge in [0.15, 0.2) is 37.2 Å². The first-order chi connectivity index (χ1) is 40.4. The molecule has 29 heteroatoms. The molecule has 85 heavy (non-hydrogen) atoms. The zero-order chi connectivity index (χ0) is 60.9. The van der Waals surface area contributed by atoms with E-state index in [1.54, 1.807) is 0 Å². The van der Waals surface area contributed by atoms with Gasteiger partial charge in [0.25, 0.3) is 0 Å². The van der Waals surface area contributed by atoms with Crippen LogP contribution in [0.5, 0.6) is 0 Å². The fourth-order valence-electron chi connectivity index (χ4n) is 17.8. The number of rotatable bonds is 15. The highest BCUT2D eigenvalue weighted by Crippen LogP contribution is 2.70. The van der Waals surface area contributed by atoms with Gasteiger partial charge in [0.05, 0.1) is 57.9 Å². The number of ether oxygens (including phenoxy) is 11. The Labute approximate surface area is 491 Å². The predicted octanol–water partition coefficient (Wildman–Crippen LogP) is -6.93. The third-order valence-corrected chi connectivity index (χ3v) is 22.3. The monoisotopic (exact) mass is 1230 g/mol. The van der Waals surface area contributed by atoms with Crippen LogP contribution in [0.2, 0.25) is 0 Å². The van der Waals surface area contributed by atoms with Crippen molar-refractivity contribution in [3.05, 3.63) is 0 Å². The second kappa shape index (κ2) is 25.7. The molecule has 0 aromatic heterocycles. The third-order valence-electron chi connectivity index (χ3n) is 22.3. The van der Waals surface area contributed by atoms with Gasteiger partial charge in [-0.25, -0.2) is 0 Å². The molecule has 0 unspecified atom stereocenters. The lowest BCUT2D eigenvalue weighted by Crippen LogP contribution is -2.69. The Morgan fingerprint density at radius 2 is 1.08 bits per heavy atom. The van der Waals surface area contributed by atoms with Crippen LogP contribution in [0.1, 0.15) is 78.6 Å². The van der Waals surface area contributed by atoms with E-state index in [0.717, 1.165) is 38.5 Å². The molecule has 7 aliphatic heterocycles. The van der Waals surface area contributed by atoms with Gasteiger partial charge in [-0.15, -0.1) is 0 Å². The van der Waals surface area contributed by atoms with Crippen LogP contribution in [-0.2, 0) is 52.1 Å². The highest BCUT2D eigenvalue weighted by molar-refractivity contribution is 5.16. The molecule has 4 saturated carbocycles. The molecular weight excluding hydrogens is 1130 g/mol. The van der Waals surface area contributed by atoms with Crippen molar-refractivity contribution < 1.29 is 139 Å². The van der Waals surface area contributed by atoms with E-state index in [1.807, 2.05) is 0 Å². The largest absolute Gasteiger partial charge is 0.394 e. The number of aliphatic hydroxyl groups excluding tert-OH is 16. The maximum absolute atomic E-state index is 12.4. The minimum Gasteiger partial charge on any atom is -0.394 e. The summed E-state index contributed by atoms with van der Waals surface area (Å²) in [7, 11) is 0. The van der Waals surface area contributed by atoms with Crippen LogP contribution in [0, 0.1) is 52.3 Å². The van der Waals surface area contributed by atoms with Crippen LogP contribution in [0.25, 0.3) is 0 Å². The van der Waals surface area contributed by atoms with E-state index in [4.69, 9.17) is 52.1 Å². The first kappa shape index (κ1) is 65.3. The fraction of sp³-hybridized carbons (Fsp3) is 1.00. The minimum atomic E-state index is -2.03. The summed E-state index contributed by atoms with van der Waals surface area (Å²) in [5.41, 5.74) is -0.0920. The fourth-order valence-corrected chi connectivity index (χ4v) is 17.8. The van der Waals surface area contributed by atoms with Gasteiger partial charge in [-0.3, -0.25) is 0 Å². The summed E-state index contributed by atoms with van der Waals surface area (Å²) in [4.78, 5) is 0. The Kier molecular flexibility index (Phi) is 19.8. The van der Waals surface area contributed by atoms with Crippen LogP contribution in [0.4, 0.5) is 0 Å². The van der Waals surface area contributed by atoms with E-state index in [0.29, 0.717) is 37.1 Å². The normalized spacial score (nSPS) is 57.2. The lowest BCUT2D eigenvalue weighted by Gasteiger charge is -2.62. The molecule has 0 spiro atoms. The Morgan fingerprint density at radius 3 is 1.76 bits per heavy atom. The Balaban J connectivity index is 0.731. The molecule has 0 aromatic carbocycles. The van der Waals surface area contributed by atoms with Crippen molar-refractivity contribution in [1.29, 1.82) is 0 Å². The van der Waals surface area contributed by atoms with E-state index < -0.39 is 192 Å². The minimum absolute atomic E-state index is 0.0389. The maximum Gasteiger partial charge on any atom is 0.187 e. The summed E-state index contributed by atoms with van der Waals surface area (Å²) < 4.78 is 66.3. The van der Waals surface area contributed by atoms with Crippen LogP contribution in [0.15, 0.2) is 0 Å². The average molecular weight is 1230 g/mol. The predicted molar refractivity (Wildman–Crippen MR) is 280 cm³/mol. The average Bonchev–Trinajstić information content (AvgIpc) is 1.68. The van der Waals surface area contributed by atoms with Crippen LogP contribution in [0.3, 0.4) is 0 Å². The van der Waals surface area contributed by atoms with E-state index in [1.165, 1.54) is 0 Å². The molecule has 11 fully saturated rings. The van der Waals surface area contributed by atoms with E-state index in [-0.39, 0.29) is 59.7 Å². The third kappa shape index (κ3) is 11.7. The summed E-state index contributed by atoms with van der Waals surface area (Å²) >= 11 is 0. The zero-order valence-corrected chi connectivity index (χ0v) is 48.0. The number of aliphatic hydroxyl groups is 17. The smallest absolute Gasteiger partial charge is 0.187 e. The van der Waals surface area contributed by atoms with Crippen LogP contribution >= 0.6 is 0 Å². The van der Waals surface area contributed by atoms with Crippen molar-refractivity contribution in [2.24, 2.45) is 52.3 Å². The van der Waals surface area contributed by atoms with Crippen molar-refractivity contribution in [3.63, 3.8) is 0 Å². The van der Waals surface area contributed by atoms with Crippen molar-refractivity contribution >= 4 is 0 Å². The van der Waals surface area contributed by atoms with Gasteiger partial charge in [-0.1, -0.05) is 20.8 Å². The lowest BCUT2D eigenvalue weighted by atomic mass is 9.44. The number of fused-ring (bicyclic) bond motifs is 8. The van der Waals surface area contributed by atoms with Crippen LogP contribution in [-0.4, -0.2) is 304 Å². The van der Waals surface area contributed by atoms with Crippen LogP contribution < -0.4 is 5.32 Å². The van der Waals surface area contributed by atoms with Gasteiger partial charge in [0.2, 0.25) is 0 Å². The second-order valence-corrected chi connectivity index (χ2v) is 27.0. The number of piperidine rings is 1. The molecule has 7 heterocycles. The van der Waals surface area contributed by atoms with Gasteiger partial charge in [-0.2, -0.15) is 0 Å². The molecule has 0 aromatic rings. The van der Waals surface area contributed by atoms with E-state index in [2.05, 4.69) is 26.1 Å². The summed E-state index contributed by atoms with van der Waals surface area (Å²) in [6.07, 6.45) is -34.2. The molecule has 11 rings (SSSR count). The van der Waals surface area contributed by atoms with E-state index in [9.17, 15) is 86.8 Å². The standard InChI is InChI=1S/C56H93NO28/c1-20-33-28(85-56(74)12-21(13-57-48(20)56)18-75-49-42(71)38(67)35(64)29(14-58)78-49)11-26-24-5-4-22-10-23(6-8-54(22,2)25(24)7-9-55(26,33)3)77-51-44(73)40(69)45(32(17-61)81-51)82-53-47(84-52-43(72)39(68)36(65)30(15-59)79-52)46(37(66)31(16-60)80-53)83-50-41(70)34(63)27(62)19-76-50/h20-53,57-74H,4-19H2,1-3H3/t20-,21-,22-,23-,24+,25-,26-,27+,28-,29+,30+,31+,32+,33-,34-,35+,36+,37+,38-,39-,40+,41+,42+,43+,44+,45-,46-,47+,48-,49+,50-,51+,52-,53-,54-,55-,56+/m0/s1. The first-order valence-corrected chi connectivity index (χ1v) is 30.6. The molecule has 18 N–H and O–H groups in total. The molecule has 490 valence electrons. The Morgan fingerprint density at radius 1 is 0.518 bits per heavy atom. The molecule has 37 atom stereocenters. The van der Waals surface area contributed by atoms with Crippen molar-refractivity contribution in [2.45, 2.75) is 250 Å². The molecule has 7 saturated heterocycles. The van der Waals surface area contributed by atoms with Crippen molar-refractivity contribution in [1.82, 2.24) is 5.32 Å². The number of hydrogen-bond donors (Lipinski definition) is 18. The molecule has 11 aliphatic rings. The van der Waals surface area contributed by atoms with Gasteiger partial charge in [0.1, 0.15) is 116 Å². The van der Waals surface area contributed by atoms with Gasteiger partial charge < -0.3 is 144 Å². The van der Waals surface area contributed by atoms with Crippen molar-refractivity contribution in [3.8, 4) is 0 Å². The van der Waals surface area contributed by atoms with Gasteiger partial charge >= 0.3 is 0 Å². The quantitative estimate of drug-likeness (QED) is 0.0678. The first-order valence-electron chi connectivity index (χ1n) is 30.6. The molecule has 0 amide bonds. The van der Waals surface area contributed by atoms with Gasteiger partial charge in [-0.05, 0) is 97.7 Å². The highest BCUT2D eigenvalue weighted by Gasteiger charge is 2.68. The van der Waals surface area contributed by atoms with Crippen molar-refractivity contribution in [2.75, 3.05) is 46.2 Å². The molecular formula is C56H93NO28. The van der Waals surface area contributed by atoms with E-state index >= 15 is 0 Å². The SMILES string of the molecule is C[C@H]1[C@H]2[C@H](C[C@H]3[C@@H]4CC[C@H]5C[C@@H](O[C@@H]6O[C@H](CO)[C@H](O[C@@H]7O[C@H](CO)[C@@H](O)[C@H](O[C@@H]8OC[C@@H](O)[C@H](O)[C@H]8O)[C@H]7O[C@@H]7O[C@H](CO)[C@@H](O)[C@H](O)[C@H]7O)[C@H](O)[C@H]6O)CC[C@]5(C)[C@H]4CC[C@]23C)O[C@]2(O)C[C@H](CO[C@@H]3O[C@H](CO)[C@@H](O)[C@H](O)[C@H]3O)CN[C@@H]12. The molecule has 0 radical (unpaired) electrons.